The lowest BCUT2D eigenvalue weighted by Crippen LogP contribution is -2.40. The number of anilines is 1. The Morgan fingerprint density at radius 3 is 2.57 bits per heavy atom. The van der Waals surface area contributed by atoms with Gasteiger partial charge in [0, 0.05) is 29.2 Å². The fraction of sp³-hybridized carbons (Fsp3) is 0.227. The van der Waals surface area contributed by atoms with Gasteiger partial charge in [0.1, 0.15) is 4.21 Å². The first-order chi connectivity index (χ1) is 14.4. The minimum absolute atomic E-state index is 0.205. The van der Waals surface area contributed by atoms with Crippen molar-refractivity contribution in [2.24, 2.45) is 0 Å². The van der Waals surface area contributed by atoms with E-state index in [0.717, 1.165) is 21.7 Å². The van der Waals surface area contributed by atoms with E-state index >= 15 is 0 Å². The third kappa shape index (κ3) is 4.32. The second-order valence-corrected chi connectivity index (χ2v) is 10.2. The maximum atomic E-state index is 12.9. The third-order valence-corrected chi connectivity index (χ3v) is 8.45. The standard InChI is InChI=1S/C22H22N2O4S2/c1-16-5-2-3-8-19(16)23-22(25)18-7-4-6-17(15-18)20-9-10-21(29-20)30(26,27)24-11-13-28-14-12-24/h2-10,15H,11-14H2,1H3,(H,23,25). The number of carbonyl (C=O) groups excluding carboxylic acids is 1. The zero-order chi connectivity index (χ0) is 21.1. The van der Waals surface area contributed by atoms with Crippen molar-refractivity contribution >= 4 is 33.0 Å². The lowest BCUT2D eigenvalue weighted by atomic mass is 10.1. The summed E-state index contributed by atoms with van der Waals surface area (Å²) in [5, 5.41) is 2.93. The molecule has 0 spiro atoms. The second kappa shape index (κ2) is 8.69. The summed E-state index contributed by atoms with van der Waals surface area (Å²) in [5.74, 6) is -0.205. The molecule has 2 heterocycles. The van der Waals surface area contributed by atoms with Gasteiger partial charge >= 0.3 is 0 Å². The molecule has 8 heteroatoms. The van der Waals surface area contributed by atoms with Gasteiger partial charge in [0.15, 0.2) is 0 Å². The van der Waals surface area contributed by atoms with Crippen molar-refractivity contribution in [3.05, 3.63) is 71.8 Å². The first-order valence-electron chi connectivity index (χ1n) is 9.60. The van der Waals surface area contributed by atoms with Gasteiger partial charge in [-0.3, -0.25) is 4.79 Å². The Morgan fingerprint density at radius 1 is 1.03 bits per heavy atom. The molecule has 1 aliphatic rings. The largest absolute Gasteiger partial charge is 0.379 e. The van der Waals surface area contributed by atoms with Gasteiger partial charge in [-0.2, -0.15) is 4.31 Å². The Balaban J connectivity index is 1.56. The van der Waals surface area contributed by atoms with Crippen LogP contribution in [0.4, 0.5) is 5.69 Å². The zero-order valence-corrected chi connectivity index (χ0v) is 18.1. The quantitative estimate of drug-likeness (QED) is 0.648. The molecule has 1 N–H and O–H groups in total. The Kier molecular flexibility index (Phi) is 6.01. The number of aryl methyl sites for hydroxylation is 1. The molecule has 1 aliphatic heterocycles. The number of para-hydroxylation sites is 1. The first-order valence-corrected chi connectivity index (χ1v) is 11.9. The van der Waals surface area contributed by atoms with E-state index in [-0.39, 0.29) is 5.91 Å². The van der Waals surface area contributed by atoms with E-state index in [1.54, 1.807) is 30.3 Å². The number of amides is 1. The number of hydrogen-bond donors (Lipinski definition) is 1. The number of ether oxygens (including phenoxy) is 1. The van der Waals surface area contributed by atoms with Gasteiger partial charge in [0.2, 0.25) is 0 Å². The van der Waals surface area contributed by atoms with Crippen molar-refractivity contribution in [2.75, 3.05) is 31.6 Å². The smallest absolute Gasteiger partial charge is 0.255 e. The van der Waals surface area contributed by atoms with Crippen LogP contribution < -0.4 is 5.32 Å². The highest BCUT2D eigenvalue weighted by atomic mass is 32.2. The molecule has 0 saturated carbocycles. The summed E-state index contributed by atoms with van der Waals surface area (Å²) >= 11 is 1.21. The van der Waals surface area contributed by atoms with Crippen LogP contribution in [-0.2, 0) is 14.8 Å². The Labute approximate surface area is 180 Å². The highest BCUT2D eigenvalue weighted by Crippen LogP contribution is 2.33. The van der Waals surface area contributed by atoms with Gasteiger partial charge in [0.05, 0.1) is 13.2 Å². The Morgan fingerprint density at radius 2 is 1.80 bits per heavy atom. The summed E-state index contributed by atoms with van der Waals surface area (Å²) in [7, 11) is -3.53. The molecule has 3 aromatic rings. The van der Waals surface area contributed by atoms with Crippen LogP contribution in [0.25, 0.3) is 10.4 Å². The SMILES string of the molecule is Cc1ccccc1NC(=O)c1cccc(-c2ccc(S(=O)(=O)N3CCOCC3)s2)c1. The van der Waals surface area contributed by atoms with Gasteiger partial charge < -0.3 is 10.1 Å². The highest BCUT2D eigenvalue weighted by Gasteiger charge is 2.28. The van der Waals surface area contributed by atoms with E-state index in [2.05, 4.69) is 5.32 Å². The summed E-state index contributed by atoms with van der Waals surface area (Å²) in [5.41, 5.74) is 3.07. The number of thiophene rings is 1. The summed E-state index contributed by atoms with van der Waals surface area (Å²) in [6.45, 7) is 3.49. The molecule has 0 radical (unpaired) electrons. The predicted octanol–water partition coefficient (Wildman–Crippen LogP) is 4.00. The van der Waals surface area contributed by atoms with Crippen LogP contribution in [0, 0.1) is 6.92 Å². The van der Waals surface area contributed by atoms with Crippen LogP contribution >= 0.6 is 11.3 Å². The van der Waals surface area contributed by atoms with E-state index in [0.29, 0.717) is 36.1 Å². The lowest BCUT2D eigenvalue weighted by Gasteiger charge is -2.25. The molecule has 6 nitrogen and oxygen atoms in total. The maximum Gasteiger partial charge on any atom is 0.255 e. The summed E-state index contributed by atoms with van der Waals surface area (Å²) in [6.07, 6.45) is 0. The van der Waals surface area contributed by atoms with Crippen LogP contribution in [0.15, 0.2) is 64.9 Å². The van der Waals surface area contributed by atoms with Gasteiger partial charge in [0.25, 0.3) is 15.9 Å². The van der Waals surface area contributed by atoms with Crippen molar-refractivity contribution in [3.63, 3.8) is 0 Å². The van der Waals surface area contributed by atoms with Crippen LogP contribution in [0.3, 0.4) is 0 Å². The molecule has 4 rings (SSSR count). The van der Waals surface area contributed by atoms with Crippen LogP contribution in [0.5, 0.6) is 0 Å². The number of nitrogens with one attached hydrogen (secondary N) is 1. The molecular weight excluding hydrogens is 420 g/mol. The number of benzene rings is 2. The number of nitrogens with zero attached hydrogens (tertiary/aromatic N) is 1. The molecule has 30 heavy (non-hydrogen) atoms. The van der Waals surface area contributed by atoms with Crippen LogP contribution in [-0.4, -0.2) is 44.9 Å². The summed E-state index contributed by atoms with van der Waals surface area (Å²) in [4.78, 5) is 13.5. The molecular formula is C22H22N2O4S2. The van der Waals surface area contributed by atoms with Crippen molar-refractivity contribution < 1.29 is 17.9 Å². The summed E-state index contributed by atoms with van der Waals surface area (Å²) in [6, 6.07) is 18.2. The highest BCUT2D eigenvalue weighted by molar-refractivity contribution is 7.91. The Hall–Kier alpha value is -2.52. The minimum atomic E-state index is -3.53. The zero-order valence-electron chi connectivity index (χ0n) is 16.5. The number of sulfonamides is 1. The minimum Gasteiger partial charge on any atom is -0.379 e. The average molecular weight is 443 g/mol. The van der Waals surface area contributed by atoms with E-state index in [9.17, 15) is 13.2 Å². The fourth-order valence-corrected chi connectivity index (χ4v) is 6.11. The van der Waals surface area contributed by atoms with E-state index in [1.807, 2.05) is 37.3 Å². The van der Waals surface area contributed by atoms with Crippen molar-refractivity contribution in [1.29, 1.82) is 0 Å². The lowest BCUT2D eigenvalue weighted by molar-refractivity contribution is 0.0731. The average Bonchev–Trinajstić information content (AvgIpc) is 3.27. The first kappa shape index (κ1) is 20.7. The molecule has 1 aromatic heterocycles. The monoisotopic (exact) mass is 442 g/mol. The molecule has 0 atom stereocenters. The molecule has 1 saturated heterocycles. The summed E-state index contributed by atoms with van der Waals surface area (Å²) < 4.78 is 32.7. The van der Waals surface area contributed by atoms with Crippen molar-refractivity contribution in [2.45, 2.75) is 11.1 Å². The van der Waals surface area contributed by atoms with Gasteiger partial charge in [-0.25, -0.2) is 8.42 Å². The normalized spacial score (nSPS) is 15.1. The Bertz CT molecular complexity index is 1170. The molecule has 0 aliphatic carbocycles. The van der Waals surface area contributed by atoms with Crippen molar-refractivity contribution in [3.8, 4) is 10.4 Å². The van der Waals surface area contributed by atoms with Crippen LogP contribution in [0.2, 0.25) is 0 Å². The molecule has 0 unspecified atom stereocenters. The molecule has 1 amide bonds. The number of hydrogen-bond acceptors (Lipinski definition) is 5. The third-order valence-electron chi connectivity index (χ3n) is 4.95. The molecule has 156 valence electrons. The molecule has 1 fully saturated rings. The van der Waals surface area contributed by atoms with Crippen molar-refractivity contribution in [1.82, 2.24) is 4.31 Å². The number of rotatable bonds is 5. The van der Waals surface area contributed by atoms with Gasteiger partial charge in [-0.15, -0.1) is 11.3 Å². The topological polar surface area (TPSA) is 75.7 Å². The van der Waals surface area contributed by atoms with Gasteiger partial charge in [-0.05, 0) is 48.4 Å². The van der Waals surface area contributed by atoms with E-state index in [4.69, 9.17) is 4.74 Å². The van der Waals surface area contributed by atoms with Gasteiger partial charge in [-0.1, -0.05) is 30.3 Å². The molecule has 0 bridgehead atoms. The van der Waals surface area contributed by atoms with E-state index in [1.165, 1.54) is 15.6 Å². The van der Waals surface area contributed by atoms with E-state index < -0.39 is 10.0 Å². The number of carbonyl (C=O) groups is 1. The maximum absolute atomic E-state index is 12.9. The van der Waals surface area contributed by atoms with Crippen LogP contribution in [0.1, 0.15) is 15.9 Å². The number of morpholine rings is 1. The predicted molar refractivity (Wildman–Crippen MR) is 118 cm³/mol. The fourth-order valence-electron chi connectivity index (χ4n) is 3.25. The molecule has 2 aromatic carbocycles. The second-order valence-electron chi connectivity index (χ2n) is 6.98.